The van der Waals surface area contributed by atoms with Gasteiger partial charge < -0.3 is 19.7 Å². The van der Waals surface area contributed by atoms with Gasteiger partial charge in [0.15, 0.2) is 5.96 Å². The number of aliphatic imine (C=N–C) groups is 1. The fourth-order valence-corrected chi connectivity index (χ4v) is 4.95. The third-order valence-corrected chi connectivity index (χ3v) is 6.23. The second-order valence-corrected chi connectivity index (χ2v) is 7.60. The van der Waals surface area contributed by atoms with Crippen LogP contribution in [0, 0.1) is 17.8 Å². The Morgan fingerprint density at radius 3 is 2.38 bits per heavy atom. The molecule has 4 fully saturated rings. The Labute approximate surface area is 162 Å². The molecule has 0 spiro atoms. The monoisotopic (exact) mass is 449 g/mol. The first kappa shape index (κ1) is 18.7. The van der Waals surface area contributed by atoms with Gasteiger partial charge in [0, 0.05) is 51.2 Å². The van der Waals surface area contributed by atoms with Crippen molar-refractivity contribution in [2.75, 3.05) is 39.4 Å². The molecule has 1 N–H and O–H groups in total. The Hall–Kier alpha value is -0.0800. The normalized spacial score (nSPS) is 35.9. The number of fused-ring (bicyclic) bond motifs is 5. The van der Waals surface area contributed by atoms with E-state index in [9.17, 15) is 0 Å². The van der Waals surface area contributed by atoms with Crippen LogP contribution in [0.4, 0.5) is 0 Å². The summed E-state index contributed by atoms with van der Waals surface area (Å²) < 4.78 is 11.5. The summed E-state index contributed by atoms with van der Waals surface area (Å²) in [5, 5.41) is 3.51. The van der Waals surface area contributed by atoms with E-state index >= 15 is 0 Å². The van der Waals surface area contributed by atoms with E-state index in [0.717, 1.165) is 63.1 Å². The molecule has 4 aliphatic rings. The van der Waals surface area contributed by atoms with E-state index in [0.29, 0.717) is 12.2 Å². The molecule has 4 aliphatic heterocycles. The minimum Gasteiger partial charge on any atom is -0.381 e. The van der Waals surface area contributed by atoms with Crippen molar-refractivity contribution >= 4 is 29.9 Å². The van der Waals surface area contributed by atoms with Crippen LogP contribution in [0.5, 0.6) is 0 Å². The first-order chi connectivity index (χ1) is 11.3. The van der Waals surface area contributed by atoms with Crippen molar-refractivity contribution in [3.05, 3.63) is 0 Å². The summed E-state index contributed by atoms with van der Waals surface area (Å²) in [5.41, 5.74) is 0. The van der Waals surface area contributed by atoms with Crippen LogP contribution >= 0.6 is 24.0 Å². The number of halogens is 1. The van der Waals surface area contributed by atoms with E-state index in [1.807, 2.05) is 0 Å². The second kappa shape index (κ2) is 8.54. The summed E-state index contributed by atoms with van der Waals surface area (Å²) >= 11 is 0. The molecule has 0 saturated carbocycles. The van der Waals surface area contributed by atoms with E-state index in [1.165, 1.54) is 32.1 Å². The van der Waals surface area contributed by atoms with E-state index in [2.05, 4.69) is 17.1 Å². The second-order valence-electron chi connectivity index (χ2n) is 7.60. The number of rotatable bonds is 4. The number of likely N-dealkylation sites (tertiary alicyclic amines) is 1. The first-order valence-corrected chi connectivity index (χ1v) is 9.61. The molecule has 0 amide bonds. The lowest BCUT2D eigenvalue weighted by atomic mass is 9.82. The van der Waals surface area contributed by atoms with Crippen molar-refractivity contribution in [2.45, 2.75) is 51.2 Å². The van der Waals surface area contributed by atoms with Crippen LogP contribution in [0.1, 0.15) is 39.0 Å². The number of guanidine groups is 1. The molecule has 0 aromatic carbocycles. The van der Waals surface area contributed by atoms with Gasteiger partial charge in [-0.15, -0.1) is 24.0 Å². The molecule has 4 unspecified atom stereocenters. The van der Waals surface area contributed by atoms with Crippen molar-refractivity contribution in [3.63, 3.8) is 0 Å². The molecule has 0 aliphatic carbocycles. The van der Waals surface area contributed by atoms with E-state index < -0.39 is 0 Å². The highest BCUT2D eigenvalue weighted by atomic mass is 127. The molecular weight excluding hydrogens is 417 g/mol. The summed E-state index contributed by atoms with van der Waals surface area (Å²) in [7, 11) is 0. The van der Waals surface area contributed by atoms with Gasteiger partial charge in [0.25, 0.3) is 0 Å². The molecule has 2 bridgehead atoms. The van der Waals surface area contributed by atoms with Gasteiger partial charge >= 0.3 is 0 Å². The van der Waals surface area contributed by atoms with Gasteiger partial charge in [-0.1, -0.05) is 0 Å². The molecule has 0 aromatic heterocycles. The van der Waals surface area contributed by atoms with Crippen LogP contribution in [-0.4, -0.2) is 62.5 Å². The molecule has 4 rings (SSSR count). The molecule has 24 heavy (non-hydrogen) atoms. The van der Waals surface area contributed by atoms with Gasteiger partial charge in [0.2, 0.25) is 0 Å². The smallest absolute Gasteiger partial charge is 0.193 e. The van der Waals surface area contributed by atoms with Gasteiger partial charge in [0.1, 0.15) is 0 Å². The molecule has 138 valence electrons. The summed E-state index contributed by atoms with van der Waals surface area (Å²) in [6, 6.07) is 0. The van der Waals surface area contributed by atoms with Crippen molar-refractivity contribution in [1.29, 1.82) is 0 Å². The van der Waals surface area contributed by atoms with Crippen molar-refractivity contribution in [1.82, 2.24) is 10.2 Å². The topological polar surface area (TPSA) is 46.1 Å². The number of hydrogen-bond acceptors (Lipinski definition) is 3. The Morgan fingerprint density at radius 2 is 1.75 bits per heavy atom. The predicted molar refractivity (Wildman–Crippen MR) is 106 cm³/mol. The summed E-state index contributed by atoms with van der Waals surface area (Å²) in [5.74, 6) is 3.42. The summed E-state index contributed by atoms with van der Waals surface area (Å²) in [6.45, 7) is 8.20. The van der Waals surface area contributed by atoms with Gasteiger partial charge in [-0.25, -0.2) is 0 Å². The maximum absolute atomic E-state index is 6.09. The Balaban J connectivity index is 0.00000169. The highest BCUT2D eigenvalue weighted by Gasteiger charge is 2.53. The number of ether oxygens (including phenoxy) is 2. The number of nitrogens with one attached hydrogen (secondary N) is 1. The minimum absolute atomic E-state index is 0. The zero-order valence-electron chi connectivity index (χ0n) is 14.8. The van der Waals surface area contributed by atoms with Crippen molar-refractivity contribution in [3.8, 4) is 0 Å². The lowest BCUT2D eigenvalue weighted by molar-refractivity contribution is 0.0646. The van der Waals surface area contributed by atoms with Crippen LogP contribution in [0.3, 0.4) is 0 Å². The van der Waals surface area contributed by atoms with Gasteiger partial charge in [-0.05, 0) is 44.9 Å². The fraction of sp³-hybridized carbons (Fsp3) is 0.944. The number of nitrogens with zero attached hydrogens (tertiary/aromatic N) is 2. The van der Waals surface area contributed by atoms with Crippen LogP contribution in [0.15, 0.2) is 4.99 Å². The molecule has 5 nitrogen and oxygen atoms in total. The third kappa shape index (κ3) is 3.85. The first-order valence-electron chi connectivity index (χ1n) is 9.61. The maximum Gasteiger partial charge on any atom is 0.193 e. The van der Waals surface area contributed by atoms with Crippen LogP contribution in [0.2, 0.25) is 0 Å². The maximum atomic E-state index is 6.09. The van der Waals surface area contributed by atoms with E-state index in [-0.39, 0.29) is 24.0 Å². The molecule has 4 saturated heterocycles. The van der Waals surface area contributed by atoms with Crippen LogP contribution < -0.4 is 5.32 Å². The Bertz CT molecular complexity index is 424. The molecular formula is C18H32IN3O2. The molecule has 4 heterocycles. The van der Waals surface area contributed by atoms with E-state index in [4.69, 9.17) is 14.5 Å². The van der Waals surface area contributed by atoms with Gasteiger partial charge in [0.05, 0.1) is 12.2 Å². The zero-order chi connectivity index (χ0) is 15.6. The van der Waals surface area contributed by atoms with Crippen molar-refractivity contribution in [2.24, 2.45) is 22.7 Å². The Morgan fingerprint density at radius 1 is 1.08 bits per heavy atom. The lowest BCUT2D eigenvalue weighted by Gasteiger charge is -2.24. The third-order valence-electron chi connectivity index (χ3n) is 6.23. The average molecular weight is 449 g/mol. The summed E-state index contributed by atoms with van der Waals surface area (Å²) in [6.07, 6.45) is 7.23. The minimum atomic E-state index is 0. The van der Waals surface area contributed by atoms with Gasteiger partial charge in [-0.2, -0.15) is 0 Å². The highest BCUT2D eigenvalue weighted by Crippen LogP contribution is 2.47. The zero-order valence-corrected chi connectivity index (χ0v) is 17.1. The highest BCUT2D eigenvalue weighted by molar-refractivity contribution is 14.0. The van der Waals surface area contributed by atoms with Gasteiger partial charge in [-0.3, -0.25) is 4.99 Å². The molecule has 4 atom stereocenters. The SMILES string of the molecule is CCNC(=NCCC1CCOCC1)N1CC2C3CCC(O3)C2C1.I. The standard InChI is InChI=1S/C18H31N3O2.HI/c1-2-19-18(20-8-5-13-6-9-22-10-7-13)21-11-14-15(12-21)17-4-3-16(14)23-17;/h13-17H,2-12H2,1H3,(H,19,20);1H. The largest absolute Gasteiger partial charge is 0.381 e. The quantitative estimate of drug-likeness (QED) is 0.407. The van der Waals surface area contributed by atoms with Crippen LogP contribution in [-0.2, 0) is 9.47 Å². The number of hydrogen-bond donors (Lipinski definition) is 1. The predicted octanol–water partition coefficient (Wildman–Crippen LogP) is 2.50. The van der Waals surface area contributed by atoms with E-state index in [1.54, 1.807) is 0 Å². The summed E-state index contributed by atoms with van der Waals surface area (Å²) in [4.78, 5) is 7.43. The fourth-order valence-electron chi connectivity index (χ4n) is 4.95. The molecule has 0 aromatic rings. The van der Waals surface area contributed by atoms with Crippen LogP contribution in [0.25, 0.3) is 0 Å². The average Bonchev–Trinajstić information content (AvgIpc) is 3.28. The van der Waals surface area contributed by atoms with Crippen molar-refractivity contribution < 1.29 is 9.47 Å². The molecule has 6 heteroatoms. The Kier molecular flexibility index (Phi) is 6.65. The lowest BCUT2D eigenvalue weighted by Crippen LogP contribution is -2.41. The molecule has 0 radical (unpaired) electrons.